The number of hydrogen-bond donors (Lipinski definition) is 0. The minimum Gasteiger partial charge on any atom is -0.486 e. The van der Waals surface area contributed by atoms with Crippen LogP contribution in [0.2, 0.25) is 0 Å². The Kier molecular flexibility index (Phi) is 3.91. The number of nitro groups is 1. The highest BCUT2D eigenvalue weighted by molar-refractivity contribution is 5.65. The maximum absolute atomic E-state index is 13.7. The molecule has 2 aromatic rings. The second-order valence-electron chi connectivity index (χ2n) is 6.14. The summed E-state index contributed by atoms with van der Waals surface area (Å²) in [4.78, 5) is 12.8. The zero-order valence-corrected chi connectivity index (χ0v) is 13.5. The number of nitrogens with zero attached hydrogens (tertiary/aromatic N) is 2. The molecule has 2 aromatic carbocycles. The molecule has 1 unspecified atom stereocenters. The lowest BCUT2D eigenvalue weighted by molar-refractivity contribution is -0.384. The van der Waals surface area contributed by atoms with Gasteiger partial charge in [-0.15, -0.1) is 0 Å². The number of hydrogen-bond acceptors (Lipinski definition) is 5. The van der Waals surface area contributed by atoms with Crippen LogP contribution < -0.4 is 14.4 Å². The molecular weight excluding hydrogens is 327 g/mol. The third-order valence-electron chi connectivity index (χ3n) is 4.65. The van der Waals surface area contributed by atoms with Crippen molar-refractivity contribution < 1.29 is 18.8 Å². The van der Waals surface area contributed by atoms with E-state index in [4.69, 9.17) is 9.47 Å². The van der Waals surface area contributed by atoms with Gasteiger partial charge in [0, 0.05) is 18.7 Å². The van der Waals surface area contributed by atoms with Gasteiger partial charge >= 0.3 is 0 Å². The Morgan fingerprint density at radius 2 is 1.92 bits per heavy atom. The Balaban J connectivity index is 1.72. The number of nitro benzene ring substituents is 1. The smallest absolute Gasteiger partial charge is 0.292 e. The molecule has 4 rings (SSSR count). The van der Waals surface area contributed by atoms with Crippen molar-refractivity contribution in [2.24, 2.45) is 0 Å². The number of anilines is 1. The van der Waals surface area contributed by atoms with Gasteiger partial charge in [0.2, 0.25) is 0 Å². The number of benzene rings is 2. The molecule has 7 heteroatoms. The molecule has 2 heterocycles. The molecule has 2 aliphatic rings. The summed E-state index contributed by atoms with van der Waals surface area (Å²) in [6.07, 6.45) is 1.72. The van der Waals surface area contributed by atoms with Crippen LogP contribution in [0.3, 0.4) is 0 Å². The van der Waals surface area contributed by atoms with Gasteiger partial charge in [0.25, 0.3) is 5.69 Å². The maximum atomic E-state index is 13.7. The summed E-state index contributed by atoms with van der Waals surface area (Å²) in [5.74, 6) is 0.911. The van der Waals surface area contributed by atoms with E-state index in [0.717, 1.165) is 24.5 Å². The minimum absolute atomic E-state index is 0.0590. The fraction of sp³-hybridized carbons (Fsp3) is 0.333. The van der Waals surface area contributed by atoms with Crippen molar-refractivity contribution in [3.8, 4) is 11.5 Å². The molecule has 0 radical (unpaired) electrons. The SMILES string of the molecule is O=[N+]([O-])c1ccc(F)cc1N1CCCC1c1ccc2c(c1)OCCO2. The zero-order chi connectivity index (χ0) is 17.4. The number of halogens is 1. The zero-order valence-electron chi connectivity index (χ0n) is 13.5. The highest BCUT2D eigenvalue weighted by Gasteiger charge is 2.32. The van der Waals surface area contributed by atoms with Gasteiger partial charge in [0.1, 0.15) is 24.7 Å². The molecule has 0 bridgehead atoms. The molecule has 2 aliphatic heterocycles. The summed E-state index contributed by atoms with van der Waals surface area (Å²) in [7, 11) is 0. The van der Waals surface area contributed by atoms with Gasteiger partial charge < -0.3 is 14.4 Å². The number of rotatable bonds is 3. The van der Waals surface area contributed by atoms with Crippen LogP contribution in [0, 0.1) is 15.9 Å². The second-order valence-corrected chi connectivity index (χ2v) is 6.14. The van der Waals surface area contributed by atoms with Crippen LogP contribution in [0.25, 0.3) is 0 Å². The van der Waals surface area contributed by atoms with E-state index in [2.05, 4.69) is 0 Å². The summed E-state index contributed by atoms with van der Waals surface area (Å²) >= 11 is 0. The molecule has 1 saturated heterocycles. The summed E-state index contributed by atoms with van der Waals surface area (Å²) in [5, 5.41) is 11.3. The van der Waals surface area contributed by atoms with Crippen LogP contribution in [0.4, 0.5) is 15.8 Å². The van der Waals surface area contributed by atoms with Crippen LogP contribution in [0.1, 0.15) is 24.4 Å². The van der Waals surface area contributed by atoms with Crippen molar-refractivity contribution in [3.05, 3.63) is 57.9 Å². The van der Waals surface area contributed by atoms with Gasteiger partial charge in [-0.05, 0) is 36.6 Å². The van der Waals surface area contributed by atoms with Crippen LogP contribution in [-0.2, 0) is 0 Å². The topological polar surface area (TPSA) is 64.8 Å². The van der Waals surface area contributed by atoms with Gasteiger partial charge in [-0.3, -0.25) is 10.1 Å². The predicted molar refractivity (Wildman–Crippen MR) is 89.8 cm³/mol. The predicted octanol–water partition coefficient (Wildman–Crippen LogP) is 3.85. The van der Waals surface area contributed by atoms with Crippen molar-refractivity contribution in [3.63, 3.8) is 0 Å². The Labute approximate surface area is 143 Å². The van der Waals surface area contributed by atoms with Gasteiger partial charge in [0.05, 0.1) is 11.0 Å². The van der Waals surface area contributed by atoms with E-state index in [9.17, 15) is 14.5 Å². The second kappa shape index (κ2) is 6.23. The van der Waals surface area contributed by atoms with E-state index in [1.54, 1.807) is 0 Å². The fourth-order valence-corrected chi connectivity index (χ4v) is 3.55. The van der Waals surface area contributed by atoms with Crippen LogP contribution in [-0.4, -0.2) is 24.7 Å². The summed E-state index contributed by atoms with van der Waals surface area (Å²) in [6.45, 7) is 1.67. The first-order valence-electron chi connectivity index (χ1n) is 8.23. The maximum Gasteiger partial charge on any atom is 0.292 e. The van der Waals surface area contributed by atoms with Gasteiger partial charge in [-0.25, -0.2) is 4.39 Å². The van der Waals surface area contributed by atoms with Gasteiger partial charge in [-0.2, -0.15) is 0 Å². The van der Waals surface area contributed by atoms with Crippen molar-refractivity contribution >= 4 is 11.4 Å². The molecule has 0 saturated carbocycles. The molecule has 1 fully saturated rings. The largest absolute Gasteiger partial charge is 0.486 e. The average Bonchev–Trinajstić information content (AvgIpc) is 3.10. The van der Waals surface area contributed by atoms with Crippen molar-refractivity contribution in [2.75, 3.05) is 24.7 Å². The van der Waals surface area contributed by atoms with Crippen molar-refractivity contribution in [1.82, 2.24) is 0 Å². The van der Waals surface area contributed by atoms with Gasteiger partial charge in [-0.1, -0.05) is 6.07 Å². The molecule has 25 heavy (non-hydrogen) atoms. The molecule has 130 valence electrons. The summed E-state index contributed by atoms with van der Waals surface area (Å²) < 4.78 is 24.9. The third-order valence-corrected chi connectivity index (χ3v) is 4.65. The fourth-order valence-electron chi connectivity index (χ4n) is 3.55. The molecule has 1 atom stereocenters. The molecule has 6 nitrogen and oxygen atoms in total. The Hall–Kier alpha value is -2.83. The summed E-state index contributed by atoms with van der Waals surface area (Å²) in [6, 6.07) is 9.26. The molecular formula is C18H17FN2O4. The van der Waals surface area contributed by atoms with Crippen LogP contribution >= 0.6 is 0 Å². The Morgan fingerprint density at radius 1 is 1.12 bits per heavy atom. The highest BCUT2D eigenvalue weighted by atomic mass is 19.1. The summed E-state index contributed by atoms with van der Waals surface area (Å²) in [5.41, 5.74) is 1.23. The molecule has 0 N–H and O–H groups in total. The lowest BCUT2D eigenvalue weighted by Crippen LogP contribution is -2.24. The van der Waals surface area contributed by atoms with E-state index >= 15 is 0 Å². The average molecular weight is 344 g/mol. The lowest BCUT2D eigenvalue weighted by atomic mass is 10.0. The first kappa shape index (κ1) is 15.7. The number of ether oxygens (including phenoxy) is 2. The normalized spacial score (nSPS) is 19.1. The first-order chi connectivity index (χ1) is 12.1. The van der Waals surface area contributed by atoms with Crippen molar-refractivity contribution in [2.45, 2.75) is 18.9 Å². The standard InChI is InChI=1S/C18H17FN2O4/c19-13-4-5-15(21(22)23)16(11-13)20-7-1-2-14(20)12-3-6-17-18(10-12)25-9-8-24-17/h3-6,10-11,14H,1-2,7-9H2. The first-order valence-corrected chi connectivity index (χ1v) is 8.23. The Bertz CT molecular complexity index is 827. The highest BCUT2D eigenvalue weighted by Crippen LogP contribution is 2.42. The van der Waals surface area contributed by atoms with E-state index in [0.29, 0.717) is 36.9 Å². The monoisotopic (exact) mass is 344 g/mol. The third kappa shape index (κ3) is 2.86. The quantitative estimate of drug-likeness (QED) is 0.625. The van der Waals surface area contributed by atoms with Gasteiger partial charge in [0.15, 0.2) is 11.5 Å². The lowest BCUT2D eigenvalue weighted by Gasteiger charge is -2.28. The van der Waals surface area contributed by atoms with Crippen LogP contribution in [0.5, 0.6) is 11.5 Å². The van der Waals surface area contributed by atoms with Crippen LogP contribution in [0.15, 0.2) is 36.4 Å². The van der Waals surface area contributed by atoms with E-state index < -0.39 is 10.7 Å². The minimum atomic E-state index is -0.478. The van der Waals surface area contributed by atoms with E-state index in [-0.39, 0.29) is 11.7 Å². The number of fused-ring (bicyclic) bond motifs is 1. The Morgan fingerprint density at radius 3 is 2.72 bits per heavy atom. The molecule has 0 amide bonds. The molecule has 0 aromatic heterocycles. The van der Waals surface area contributed by atoms with E-state index in [1.807, 2.05) is 23.1 Å². The van der Waals surface area contributed by atoms with E-state index in [1.165, 1.54) is 12.1 Å². The van der Waals surface area contributed by atoms with Crippen molar-refractivity contribution in [1.29, 1.82) is 0 Å². The molecule has 0 aliphatic carbocycles. The molecule has 0 spiro atoms.